The van der Waals surface area contributed by atoms with E-state index < -0.39 is 0 Å². The number of rotatable bonds is 5. The minimum atomic E-state index is -0.00103. The summed E-state index contributed by atoms with van der Waals surface area (Å²) in [5, 5.41) is 12.0. The van der Waals surface area contributed by atoms with Crippen LogP contribution in [0.3, 0.4) is 0 Å². The predicted molar refractivity (Wildman–Crippen MR) is 112 cm³/mol. The van der Waals surface area contributed by atoms with Gasteiger partial charge in [0.25, 0.3) is 0 Å². The number of nitrogens with one attached hydrogen (secondary N) is 1. The summed E-state index contributed by atoms with van der Waals surface area (Å²) < 4.78 is 1.64. The lowest BCUT2D eigenvalue weighted by atomic mass is 9.96. The van der Waals surface area contributed by atoms with Crippen molar-refractivity contribution in [1.82, 2.24) is 29.9 Å². The number of carbonyl (C=O) groups excluding carboxylic acids is 1. The number of nitrogens with zero attached hydrogens (tertiary/aromatic N) is 6. The highest BCUT2D eigenvalue weighted by Crippen LogP contribution is 2.22. The third-order valence-corrected chi connectivity index (χ3v) is 5.19. The van der Waals surface area contributed by atoms with E-state index in [1.807, 2.05) is 31.4 Å². The quantitative estimate of drug-likeness (QED) is 0.717. The average Bonchev–Trinajstić information content (AvgIpc) is 3.13. The zero-order valence-electron chi connectivity index (χ0n) is 17.2. The predicted octanol–water partition coefficient (Wildman–Crippen LogP) is 2.73. The molecule has 0 aromatic carbocycles. The van der Waals surface area contributed by atoms with Crippen LogP contribution in [-0.2, 0) is 11.8 Å². The SMILES string of the molecule is CC(C)CN1CCCC(C(=O)Nc2cc3nc(-c4cn(C)nn4)ccc3cn2)C1. The molecule has 4 rings (SSSR count). The second-order valence-electron chi connectivity index (χ2n) is 8.22. The zero-order chi connectivity index (χ0) is 20.4. The van der Waals surface area contributed by atoms with Crippen molar-refractivity contribution in [3.8, 4) is 11.4 Å². The summed E-state index contributed by atoms with van der Waals surface area (Å²) >= 11 is 0. The average molecular weight is 393 g/mol. The number of carbonyl (C=O) groups is 1. The van der Waals surface area contributed by atoms with Crippen molar-refractivity contribution in [3.63, 3.8) is 0 Å². The van der Waals surface area contributed by atoms with Gasteiger partial charge in [-0.2, -0.15) is 0 Å². The monoisotopic (exact) mass is 393 g/mol. The van der Waals surface area contributed by atoms with Crippen molar-refractivity contribution in [2.24, 2.45) is 18.9 Å². The van der Waals surface area contributed by atoms with Gasteiger partial charge in [-0.3, -0.25) is 9.48 Å². The van der Waals surface area contributed by atoms with Gasteiger partial charge in [0.05, 0.1) is 23.3 Å². The normalized spacial score (nSPS) is 17.7. The molecule has 0 bridgehead atoms. The second kappa shape index (κ2) is 8.24. The van der Waals surface area contributed by atoms with E-state index in [1.54, 1.807) is 10.9 Å². The Morgan fingerprint density at radius 2 is 2.17 bits per heavy atom. The summed E-state index contributed by atoms with van der Waals surface area (Å²) in [5.41, 5.74) is 2.22. The Hall–Kier alpha value is -2.87. The van der Waals surface area contributed by atoms with Crippen molar-refractivity contribution >= 4 is 22.6 Å². The molecule has 4 heterocycles. The van der Waals surface area contributed by atoms with Crippen LogP contribution in [0.25, 0.3) is 22.3 Å². The summed E-state index contributed by atoms with van der Waals surface area (Å²) in [7, 11) is 1.82. The van der Waals surface area contributed by atoms with E-state index >= 15 is 0 Å². The first kappa shape index (κ1) is 19.4. The lowest BCUT2D eigenvalue weighted by molar-refractivity contribution is -0.121. The molecule has 29 heavy (non-hydrogen) atoms. The number of pyridine rings is 2. The third kappa shape index (κ3) is 4.59. The first-order chi connectivity index (χ1) is 14.0. The van der Waals surface area contributed by atoms with E-state index in [0.29, 0.717) is 17.4 Å². The van der Waals surface area contributed by atoms with Gasteiger partial charge in [0.15, 0.2) is 0 Å². The molecule has 1 saturated heterocycles. The van der Waals surface area contributed by atoms with E-state index in [-0.39, 0.29) is 11.8 Å². The molecule has 8 nitrogen and oxygen atoms in total. The van der Waals surface area contributed by atoms with Crippen molar-refractivity contribution in [3.05, 3.63) is 30.6 Å². The minimum absolute atomic E-state index is 0.00103. The molecule has 8 heteroatoms. The topological polar surface area (TPSA) is 88.8 Å². The highest BCUT2D eigenvalue weighted by Gasteiger charge is 2.26. The van der Waals surface area contributed by atoms with Crippen LogP contribution < -0.4 is 5.32 Å². The van der Waals surface area contributed by atoms with Crippen LogP contribution in [0.2, 0.25) is 0 Å². The maximum atomic E-state index is 12.8. The van der Waals surface area contributed by atoms with Crippen molar-refractivity contribution in [2.75, 3.05) is 25.0 Å². The van der Waals surface area contributed by atoms with Gasteiger partial charge in [-0.25, -0.2) is 9.97 Å². The fraction of sp³-hybridized carbons (Fsp3) is 0.476. The highest BCUT2D eigenvalue weighted by atomic mass is 16.2. The lowest BCUT2D eigenvalue weighted by Gasteiger charge is -2.32. The number of aromatic nitrogens is 5. The molecule has 1 amide bonds. The van der Waals surface area contributed by atoms with Gasteiger partial charge in [-0.15, -0.1) is 5.10 Å². The largest absolute Gasteiger partial charge is 0.310 e. The Kier molecular flexibility index (Phi) is 5.53. The summed E-state index contributed by atoms with van der Waals surface area (Å²) in [4.78, 5) is 24.3. The van der Waals surface area contributed by atoms with Gasteiger partial charge in [0, 0.05) is 37.8 Å². The molecular formula is C21H27N7O. The Bertz CT molecular complexity index is 1010. The van der Waals surface area contributed by atoms with Crippen LogP contribution in [-0.4, -0.2) is 55.4 Å². The molecule has 1 atom stereocenters. The van der Waals surface area contributed by atoms with E-state index in [9.17, 15) is 4.79 Å². The zero-order valence-corrected chi connectivity index (χ0v) is 17.2. The summed E-state index contributed by atoms with van der Waals surface area (Å²) in [6, 6.07) is 5.68. The van der Waals surface area contributed by atoms with Gasteiger partial charge < -0.3 is 10.2 Å². The van der Waals surface area contributed by atoms with Crippen molar-refractivity contribution in [2.45, 2.75) is 26.7 Å². The maximum Gasteiger partial charge on any atom is 0.229 e. The molecule has 3 aromatic heterocycles. The molecule has 1 fully saturated rings. The van der Waals surface area contributed by atoms with Crippen LogP contribution >= 0.6 is 0 Å². The number of amides is 1. The molecular weight excluding hydrogens is 366 g/mol. The van der Waals surface area contributed by atoms with Gasteiger partial charge in [0.1, 0.15) is 11.5 Å². The summed E-state index contributed by atoms with van der Waals surface area (Å²) in [6.45, 7) is 7.35. The van der Waals surface area contributed by atoms with Crippen molar-refractivity contribution in [1.29, 1.82) is 0 Å². The number of aryl methyl sites for hydroxylation is 1. The summed E-state index contributed by atoms with van der Waals surface area (Å²) in [6.07, 6.45) is 5.54. The first-order valence-corrected chi connectivity index (χ1v) is 10.1. The smallest absolute Gasteiger partial charge is 0.229 e. The molecule has 1 unspecified atom stereocenters. The molecule has 0 saturated carbocycles. The van der Waals surface area contributed by atoms with E-state index in [0.717, 1.165) is 49.1 Å². The number of hydrogen-bond acceptors (Lipinski definition) is 6. The number of hydrogen-bond donors (Lipinski definition) is 1. The van der Waals surface area contributed by atoms with E-state index in [2.05, 4.69) is 44.3 Å². The van der Waals surface area contributed by atoms with Crippen LogP contribution in [0.15, 0.2) is 30.6 Å². The first-order valence-electron chi connectivity index (χ1n) is 10.1. The number of fused-ring (bicyclic) bond motifs is 1. The van der Waals surface area contributed by atoms with Crippen LogP contribution in [0.5, 0.6) is 0 Å². The third-order valence-electron chi connectivity index (χ3n) is 5.19. The van der Waals surface area contributed by atoms with Crippen molar-refractivity contribution < 1.29 is 4.79 Å². The van der Waals surface area contributed by atoms with Crippen LogP contribution in [0.4, 0.5) is 5.82 Å². The van der Waals surface area contributed by atoms with E-state index in [4.69, 9.17) is 0 Å². The fourth-order valence-corrected chi connectivity index (χ4v) is 3.87. The minimum Gasteiger partial charge on any atom is -0.310 e. The van der Waals surface area contributed by atoms with Gasteiger partial charge >= 0.3 is 0 Å². The standard InChI is InChI=1S/C21H27N7O/c1-14(2)11-28-8-4-5-16(12-28)21(29)24-20-9-18-15(10-22-20)6-7-17(23-18)19-13-27(3)26-25-19/h6-7,9-10,13-14,16H,4-5,8,11-12H2,1-3H3,(H,22,24,29). The van der Waals surface area contributed by atoms with Gasteiger partial charge in [-0.05, 0) is 37.4 Å². The molecule has 152 valence electrons. The Morgan fingerprint density at radius 1 is 1.31 bits per heavy atom. The Balaban J connectivity index is 1.49. The highest BCUT2D eigenvalue weighted by molar-refractivity contribution is 5.93. The fourth-order valence-electron chi connectivity index (χ4n) is 3.87. The maximum absolute atomic E-state index is 12.8. The second-order valence-corrected chi connectivity index (χ2v) is 8.22. The van der Waals surface area contributed by atoms with Crippen LogP contribution in [0.1, 0.15) is 26.7 Å². The number of anilines is 1. The number of piperidine rings is 1. The molecule has 3 aromatic rings. The number of likely N-dealkylation sites (tertiary alicyclic amines) is 1. The van der Waals surface area contributed by atoms with Gasteiger partial charge in [-0.1, -0.05) is 19.1 Å². The Labute approximate surface area is 170 Å². The van der Waals surface area contributed by atoms with Crippen LogP contribution in [0, 0.1) is 11.8 Å². The molecule has 0 radical (unpaired) electrons. The lowest BCUT2D eigenvalue weighted by Crippen LogP contribution is -2.42. The molecule has 1 aliphatic rings. The Morgan fingerprint density at radius 3 is 2.93 bits per heavy atom. The molecule has 0 aliphatic carbocycles. The van der Waals surface area contributed by atoms with E-state index in [1.165, 1.54) is 0 Å². The molecule has 1 aliphatic heterocycles. The summed E-state index contributed by atoms with van der Waals surface area (Å²) in [5.74, 6) is 1.18. The molecule has 0 spiro atoms. The van der Waals surface area contributed by atoms with Gasteiger partial charge in [0.2, 0.25) is 5.91 Å². The molecule has 1 N–H and O–H groups in total.